The van der Waals surface area contributed by atoms with Crippen molar-refractivity contribution in [1.29, 1.82) is 0 Å². The smallest absolute Gasteiger partial charge is 0.332 e. The lowest BCUT2D eigenvalue weighted by molar-refractivity contribution is -0.140. The summed E-state index contributed by atoms with van der Waals surface area (Å²) in [5.74, 6) is -0.632. The lowest BCUT2D eigenvalue weighted by Crippen LogP contribution is -2.05. The molecule has 0 atom stereocenters. The Morgan fingerprint density at radius 1 is 0.825 bits per heavy atom. The Kier molecular flexibility index (Phi) is 7.05. The summed E-state index contributed by atoms with van der Waals surface area (Å²) in [4.78, 5) is 41.7. The first-order valence-corrected chi connectivity index (χ1v) is 13.0. The molecule has 200 valence electrons. The molecule has 7 nitrogen and oxygen atoms in total. The van der Waals surface area contributed by atoms with Gasteiger partial charge in [-0.1, -0.05) is 17.8 Å². The summed E-state index contributed by atoms with van der Waals surface area (Å²) < 4.78 is 4.01. The number of carbonyl (C=O) groups excluding carboxylic acids is 3. The summed E-state index contributed by atoms with van der Waals surface area (Å²) >= 11 is 0. The summed E-state index contributed by atoms with van der Waals surface area (Å²) in [7, 11) is 0. The van der Waals surface area contributed by atoms with E-state index in [1.54, 1.807) is 25.1 Å². The number of ketones is 2. The number of hydrogen-bond donors (Lipinski definition) is 0. The first kappa shape index (κ1) is 26.6. The van der Waals surface area contributed by atoms with Gasteiger partial charge >= 0.3 is 5.97 Å². The van der Waals surface area contributed by atoms with Crippen LogP contribution in [0, 0.1) is 0 Å². The maximum absolute atomic E-state index is 13.5. The predicted molar refractivity (Wildman–Crippen MR) is 157 cm³/mol. The molecule has 0 radical (unpaired) electrons. The van der Waals surface area contributed by atoms with Gasteiger partial charge in [-0.15, -0.1) is 0 Å². The average Bonchev–Trinajstić information content (AvgIpc) is 3.55. The molecule has 0 fully saturated rings. The highest BCUT2D eigenvalue weighted by atomic mass is 16.7. The Labute approximate surface area is 232 Å². The molecule has 40 heavy (non-hydrogen) atoms. The van der Waals surface area contributed by atoms with Crippen LogP contribution < -0.4 is 0 Å². The highest BCUT2D eigenvalue weighted by Crippen LogP contribution is 2.32. The minimum absolute atomic E-state index is 0.0270. The third-order valence-corrected chi connectivity index (χ3v) is 6.90. The van der Waals surface area contributed by atoms with Gasteiger partial charge in [0.2, 0.25) is 0 Å². The molecule has 0 aliphatic rings. The highest BCUT2D eigenvalue weighted by molar-refractivity contribution is 6.18. The van der Waals surface area contributed by atoms with E-state index in [9.17, 15) is 14.4 Å². The van der Waals surface area contributed by atoms with Crippen molar-refractivity contribution in [3.63, 3.8) is 0 Å². The molecule has 0 saturated carbocycles. The summed E-state index contributed by atoms with van der Waals surface area (Å²) in [6.45, 7) is 11.5. The Hall–Kier alpha value is -5.04. The fraction of sp³-hybridized carbons (Fsp3) is 0.152. The second-order valence-corrected chi connectivity index (χ2v) is 9.71. The zero-order valence-corrected chi connectivity index (χ0v) is 22.9. The summed E-state index contributed by atoms with van der Waals surface area (Å²) in [5.41, 5.74) is 6.47. The molecule has 5 rings (SSSR count). The SMILES string of the molecule is C=C(C)C(=NOC(C)=O)c1ccc2c(c1)c1cc(C(=O)c3ccc(-n4cccc4C(C)=O)cc3)ccc1n2CC. The topological polar surface area (TPSA) is 82.7 Å². The molecule has 0 N–H and O–H groups in total. The van der Waals surface area contributed by atoms with Crippen LogP contribution >= 0.6 is 0 Å². The third-order valence-electron chi connectivity index (χ3n) is 6.90. The zero-order valence-electron chi connectivity index (χ0n) is 22.9. The summed E-state index contributed by atoms with van der Waals surface area (Å²) in [6.07, 6.45) is 1.83. The number of Topliss-reactive ketones (excluding diaryl/α,β-unsaturated/α-hetero) is 1. The number of rotatable bonds is 8. The van der Waals surface area contributed by atoms with Gasteiger partial charge in [0, 0.05) is 70.8 Å². The first-order valence-electron chi connectivity index (χ1n) is 13.0. The van der Waals surface area contributed by atoms with E-state index in [0.29, 0.717) is 28.1 Å². The fourth-order valence-corrected chi connectivity index (χ4v) is 5.05. The van der Waals surface area contributed by atoms with Crippen molar-refractivity contribution < 1.29 is 19.2 Å². The molecule has 0 spiro atoms. The number of oxime groups is 1. The number of aryl methyl sites for hydroxylation is 1. The molecule has 3 aromatic carbocycles. The molecule has 0 amide bonds. The van der Waals surface area contributed by atoms with E-state index < -0.39 is 5.97 Å². The maximum Gasteiger partial charge on any atom is 0.332 e. The maximum atomic E-state index is 13.5. The van der Waals surface area contributed by atoms with Gasteiger partial charge in [-0.05, 0) is 86.2 Å². The Bertz CT molecular complexity index is 1850. The molecule has 5 aromatic rings. The molecule has 0 bridgehead atoms. The normalized spacial score (nSPS) is 11.7. The van der Waals surface area contributed by atoms with Crippen molar-refractivity contribution >= 4 is 45.1 Å². The van der Waals surface area contributed by atoms with Gasteiger partial charge in [0.1, 0.15) is 5.71 Å². The monoisotopic (exact) mass is 531 g/mol. The largest absolute Gasteiger partial charge is 0.341 e. The number of aromatic nitrogens is 2. The minimum Gasteiger partial charge on any atom is -0.341 e. The van der Waals surface area contributed by atoms with E-state index in [-0.39, 0.29) is 11.6 Å². The molecule has 2 aromatic heterocycles. The van der Waals surface area contributed by atoms with Crippen LogP contribution in [0.2, 0.25) is 0 Å². The van der Waals surface area contributed by atoms with Crippen LogP contribution in [0.5, 0.6) is 0 Å². The van der Waals surface area contributed by atoms with Crippen molar-refractivity contribution in [2.45, 2.75) is 34.2 Å². The number of carbonyl (C=O) groups is 3. The second kappa shape index (κ2) is 10.6. The van der Waals surface area contributed by atoms with E-state index in [4.69, 9.17) is 4.84 Å². The second-order valence-electron chi connectivity index (χ2n) is 9.71. The fourth-order valence-electron chi connectivity index (χ4n) is 5.05. The van der Waals surface area contributed by atoms with Crippen LogP contribution in [-0.2, 0) is 16.2 Å². The highest BCUT2D eigenvalue weighted by Gasteiger charge is 2.17. The molecule has 2 heterocycles. The minimum atomic E-state index is -0.508. The van der Waals surface area contributed by atoms with Crippen molar-refractivity contribution in [1.82, 2.24) is 9.13 Å². The van der Waals surface area contributed by atoms with Crippen LogP contribution in [0.4, 0.5) is 0 Å². The van der Waals surface area contributed by atoms with Crippen LogP contribution in [-0.4, -0.2) is 32.4 Å². The Morgan fingerprint density at radius 2 is 1.43 bits per heavy atom. The van der Waals surface area contributed by atoms with E-state index >= 15 is 0 Å². The number of allylic oxidation sites excluding steroid dienone is 1. The lowest BCUT2D eigenvalue weighted by Gasteiger charge is -2.08. The number of nitrogens with zero attached hydrogens (tertiary/aromatic N) is 3. The van der Waals surface area contributed by atoms with Crippen molar-refractivity contribution in [2.75, 3.05) is 0 Å². The van der Waals surface area contributed by atoms with Gasteiger partial charge in [0.05, 0.1) is 5.69 Å². The van der Waals surface area contributed by atoms with Crippen LogP contribution in [0.3, 0.4) is 0 Å². The van der Waals surface area contributed by atoms with Crippen molar-refractivity contribution in [3.8, 4) is 5.69 Å². The number of benzene rings is 3. The Balaban J connectivity index is 1.56. The van der Waals surface area contributed by atoms with Crippen LogP contribution in [0.25, 0.3) is 27.5 Å². The molecule has 7 heteroatoms. The standard InChI is InChI=1S/C33H29N3O4/c1-6-35-30-15-11-24(32(20(2)3)34-40-22(5)38)18-27(30)28-19-25(12-16-31(28)35)33(39)23-9-13-26(14-10-23)36-17-7-8-29(36)21(4)37/h7-19H,2,6H2,1,3-5H3. The Morgan fingerprint density at radius 3 is 2.00 bits per heavy atom. The lowest BCUT2D eigenvalue weighted by atomic mass is 9.99. The quantitative estimate of drug-likeness (QED) is 0.0946. The first-order chi connectivity index (χ1) is 19.2. The van der Waals surface area contributed by atoms with Gasteiger partial charge in [-0.3, -0.25) is 9.59 Å². The molecule has 0 unspecified atom stereocenters. The molecular formula is C33H29N3O4. The predicted octanol–water partition coefficient (Wildman–Crippen LogP) is 6.88. The van der Waals surface area contributed by atoms with E-state index in [2.05, 4.69) is 23.2 Å². The van der Waals surface area contributed by atoms with Gasteiger partial charge in [0.25, 0.3) is 0 Å². The van der Waals surface area contributed by atoms with E-state index in [0.717, 1.165) is 39.6 Å². The van der Waals surface area contributed by atoms with Crippen LogP contribution in [0.15, 0.2) is 96.3 Å². The van der Waals surface area contributed by atoms with Crippen molar-refractivity contribution in [2.24, 2.45) is 5.16 Å². The van der Waals surface area contributed by atoms with Gasteiger partial charge < -0.3 is 14.0 Å². The molecule has 0 saturated heterocycles. The van der Waals surface area contributed by atoms with E-state index in [1.807, 2.05) is 65.4 Å². The van der Waals surface area contributed by atoms with Gasteiger partial charge in [-0.2, -0.15) is 0 Å². The zero-order chi connectivity index (χ0) is 28.6. The molecule has 0 aliphatic carbocycles. The third kappa shape index (κ3) is 4.78. The average molecular weight is 532 g/mol. The number of hydrogen-bond acceptors (Lipinski definition) is 5. The van der Waals surface area contributed by atoms with Gasteiger partial charge in [-0.25, -0.2) is 4.79 Å². The van der Waals surface area contributed by atoms with E-state index in [1.165, 1.54) is 13.8 Å². The number of fused-ring (bicyclic) bond motifs is 3. The van der Waals surface area contributed by atoms with Crippen molar-refractivity contribution in [3.05, 3.63) is 114 Å². The summed E-state index contributed by atoms with van der Waals surface area (Å²) in [6, 6.07) is 22.5. The van der Waals surface area contributed by atoms with Gasteiger partial charge in [0.15, 0.2) is 11.6 Å². The molecular weight excluding hydrogens is 502 g/mol. The molecule has 0 aliphatic heterocycles. The van der Waals surface area contributed by atoms with Crippen LogP contribution in [0.1, 0.15) is 59.7 Å². The summed E-state index contributed by atoms with van der Waals surface area (Å²) in [5, 5.41) is 5.92.